The van der Waals surface area contributed by atoms with Gasteiger partial charge >= 0.3 is 0 Å². The minimum atomic E-state index is -0.518. The Balaban J connectivity index is 2.08. The monoisotopic (exact) mass is 332 g/mol. The zero-order chi connectivity index (χ0) is 17.5. The number of benzene rings is 1. The Labute approximate surface area is 139 Å². The summed E-state index contributed by atoms with van der Waals surface area (Å²) in [6.45, 7) is 2.90. The first kappa shape index (κ1) is 17.3. The highest BCUT2D eigenvalue weighted by molar-refractivity contribution is 5.92. The molecule has 0 spiro atoms. The summed E-state index contributed by atoms with van der Waals surface area (Å²) in [5.41, 5.74) is 12.4. The van der Waals surface area contributed by atoms with Crippen LogP contribution in [0, 0.1) is 5.92 Å². The quantitative estimate of drug-likeness (QED) is 0.293. The molecule has 24 heavy (non-hydrogen) atoms. The van der Waals surface area contributed by atoms with Crippen LogP contribution in [0.4, 0.5) is 11.4 Å². The van der Waals surface area contributed by atoms with Gasteiger partial charge in [0.05, 0.1) is 11.4 Å². The van der Waals surface area contributed by atoms with Crippen molar-refractivity contribution in [2.75, 3.05) is 17.7 Å². The molecule has 1 aliphatic rings. The van der Waals surface area contributed by atoms with Crippen molar-refractivity contribution in [2.24, 2.45) is 5.92 Å². The molecule has 0 radical (unpaired) electrons. The van der Waals surface area contributed by atoms with Crippen molar-refractivity contribution < 1.29 is 19.1 Å². The van der Waals surface area contributed by atoms with E-state index in [2.05, 4.69) is 10.9 Å². The van der Waals surface area contributed by atoms with Crippen molar-refractivity contribution in [2.45, 2.75) is 19.6 Å². The van der Waals surface area contributed by atoms with Gasteiger partial charge in [-0.05, 0) is 29.7 Å². The summed E-state index contributed by atoms with van der Waals surface area (Å²) in [5, 5.41) is 0. The molecular weight excluding hydrogens is 312 g/mol. The van der Waals surface area contributed by atoms with Crippen LogP contribution in [0.25, 0.3) is 6.08 Å². The number of rotatable bonds is 7. The van der Waals surface area contributed by atoms with Gasteiger partial charge in [0.25, 0.3) is 6.47 Å². The predicted octanol–water partition coefficient (Wildman–Crippen LogP) is 0.722. The number of hydrogen-bond donors (Lipinski definition) is 3. The van der Waals surface area contributed by atoms with Crippen LogP contribution < -0.4 is 16.6 Å². The first-order chi connectivity index (χ1) is 11.5. The zero-order valence-electron chi connectivity index (χ0n) is 13.3. The van der Waals surface area contributed by atoms with Crippen molar-refractivity contribution in [3.8, 4) is 0 Å². The third-order valence-electron chi connectivity index (χ3n) is 3.72. The first-order valence-electron chi connectivity index (χ1n) is 7.47. The second-order valence-corrected chi connectivity index (χ2v) is 5.59. The number of nitrogens with one attached hydrogen (secondary N) is 2. The van der Waals surface area contributed by atoms with Gasteiger partial charge in [-0.25, -0.2) is 0 Å². The van der Waals surface area contributed by atoms with Crippen molar-refractivity contribution in [3.63, 3.8) is 0 Å². The number of nitrogens with two attached hydrogens (primary N) is 1. The van der Waals surface area contributed by atoms with Crippen LogP contribution in [-0.4, -0.2) is 36.5 Å². The van der Waals surface area contributed by atoms with Gasteiger partial charge in [-0.3, -0.25) is 25.2 Å². The molecule has 0 aromatic heterocycles. The molecule has 8 nitrogen and oxygen atoms in total. The molecular formula is C16H20N4O4. The van der Waals surface area contributed by atoms with Gasteiger partial charge in [-0.1, -0.05) is 13.0 Å². The van der Waals surface area contributed by atoms with Gasteiger partial charge < -0.3 is 15.4 Å². The lowest BCUT2D eigenvalue weighted by Crippen LogP contribution is -2.36. The van der Waals surface area contributed by atoms with Gasteiger partial charge in [-0.15, -0.1) is 0 Å². The summed E-state index contributed by atoms with van der Waals surface area (Å²) in [7, 11) is 0. The molecule has 2 amide bonds. The molecule has 2 atom stereocenters. The summed E-state index contributed by atoms with van der Waals surface area (Å²) in [6.07, 6.45) is 3.66. The fourth-order valence-corrected chi connectivity index (χ4v) is 2.58. The molecule has 1 fully saturated rings. The van der Waals surface area contributed by atoms with Crippen molar-refractivity contribution in [1.82, 2.24) is 10.3 Å². The first-order valence-corrected chi connectivity index (χ1v) is 7.47. The van der Waals surface area contributed by atoms with Gasteiger partial charge in [0, 0.05) is 19.0 Å². The fraction of sp³-hybridized carbons (Fsp3) is 0.312. The summed E-state index contributed by atoms with van der Waals surface area (Å²) in [6, 6.07) is 5.11. The maximum Gasteiger partial charge on any atom is 0.295 e. The molecule has 1 heterocycles. The van der Waals surface area contributed by atoms with Gasteiger partial charge in [0.2, 0.25) is 12.3 Å². The standard InChI is InChI=1S/C16H20N4O4/c1-11-6-16(24-10-22)20(8-11)15(23)5-3-12-2-4-13(17)14(7-12)19-18-9-21/h2-5,7,9-11,16,19H,6,8,17H2,1H3,(H,18,21)/b5-3+. The number of amides is 2. The predicted molar refractivity (Wildman–Crippen MR) is 89.1 cm³/mol. The van der Waals surface area contributed by atoms with E-state index in [9.17, 15) is 14.4 Å². The van der Waals surface area contributed by atoms with E-state index in [0.29, 0.717) is 37.2 Å². The maximum absolute atomic E-state index is 12.3. The summed E-state index contributed by atoms with van der Waals surface area (Å²) >= 11 is 0. The summed E-state index contributed by atoms with van der Waals surface area (Å²) in [5.74, 6) is 0.0394. The van der Waals surface area contributed by atoms with E-state index in [4.69, 9.17) is 10.5 Å². The molecule has 1 aliphatic heterocycles. The summed E-state index contributed by atoms with van der Waals surface area (Å²) < 4.78 is 4.96. The molecule has 1 aromatic carbocycles. The maximum atomic E-state index is 12.3. The van der Waals surface area contributed by atoms with Gasteiger partial charge in [0.15, 0.2) is 6.23 Å². The minimum Gasteiger partial charge on any atom is -0.444 e. The molecule has 0 aliphatic carbocycles. The number of nitrogen functional groups attached to an aromatic ring is 1. The number of anilines is 2. The molecule has 4 N–H and O–H groups in total. The lowest BCUT2D eigenvalue weighted by Gasteiger charge is -2.21. The van der Waals surface area contributed by atoms with Gasteiger partial charge in [-0.2, -0.15) is 0 Å². The Morgan fingerprint density at radius 1 is 1.42 bits per heavy atom. The number of ether oxygens (including phenoxy) is 1. The van der Waals surface area contributed by atoms with E-state index in [0.717, 1.165) is 5.56 Å². The highest BCUT2D eigenvalue weighted by Gasteiger charge is 2.33. The van der Waals surface area contributed by atoms with E-state index in [-0.39, 0.29) is 11.8 Å². The second-order valence-electron chi connectivity index (χ2n) is 5.59. The highest BCUT2D eigenvalue weighted by atomic mass is 16.5. The van der Waals surface area contributed by atoms with E-state index >= 15 is 0 Å². The van der Waals surface area contributed by atoms with Crippen molar-refractivity contribution >= 4 is 36.2 Å². The molecule has 0 saturated carbocycles. The van der Waals surface area contributed by atoms with Crippen LogP contribution in [0.3, 0.4) is 0 Å². The fourth-order valence-electron chi connectivity index (χ4n) is 2.58. The lowest BCUT2D eigenvalue weighted by molar-refractivity contribution is -0.147. The second kappa shape index (κ2) is 8.00. The summed E-state index contributed by atoms with van der Waals surface area (Å²) in [4.78, 5) is 34.7. The molecule has 1 aromatic rings. The van der Waals surface area contributed by atoms with Crippen LogP contribution in [0.15, 0.2) is 24.3 Å². The Morgan fingerprint density at radius 3 is 2.92 bits per heavy atom. The van der Waals surface area contributed by atoms with Crippen molar-refractivity contribution in [3.05, 3.63) is 29.8 Å². The molecule has 1 saturated heterocycles. The lowest BCUT2D eigenvalue weighted by atomic mass is 10.1. The number of likely N-dealkylation sites (tertiary alicyclic amines) is 1. The van der Waals surface area contributed by atoms with E-state index in [1.54, 1.807) is 24.3 Å². The molecule has 0 bridgehead atoms. The van der Waals surface area contributed by atoms with E-state index in [1.165, 1.54) is 11.0 Å². The Morgan fingerprint density at radius 2 is 2.21 bits per heavy atom. The number of hydrazine groups is 1. The number of carbonyl (C=O) groups is 3. The SMILES string of the molecule is CC1CC(OC=O)N(C(=O)/C=C/c2ccc(N)c(NNC=O)c2)C1. The number of carbonyl (C=O) groups excluding carboxylic acids is 3. The Kier molecular flexibility index (Phi) is 5.78. The minimum absolute atomic E-state index is 0.233. The van der Waals surface area contributed by atoms with Gasteiger partial charge in [0.1, 0.15) is 0 Å². The van der Waals surface area contributed by atoms with Crippen LogP contribution in [0.5, 0.6) is 0 Å². The molecule has 2 rings (SSSR count). The van der Waals surface area contributed by atoms with Crippen LogP contribution in [0.2, 0.25) is 0 Å². The zero-order valence-corrected chi connectivity index (χ0v) is 13.3. The topological polar surface area (TPSA) is 114 Å². The highest BCUT2D eigenvalue weighted by Crippen LogP contribution is 2.24. The normalized spacial score (nSPS) is 20.0. The largest absolute Gasteiger partial charge is 0.444 e. The number of nitrogens with zero attached hydrogens (tertiary/aromatic N) is 1. The smallest absolute Gasteiger partial charge is 0.295 e. The average molecular weight is 332 g/mol. The van der Waals surface area contributed by atoms with Crippen LogP contribution in [0.1, 0.15) is 18.9 Å². The Hall–Kier alpha value is -3.03. The van der Waals surface area contributed by atoms with Crippen LogP contribution in [-0.2, 0) is 19.1 Å². The van der Waals surface area contributed by atoms with E-state index < -0.39 is 6.23 Å². The van der Waals surface area contributed by atoms with E-state index in [1.807, 2.05) is 6.92 Å². The Bertz CT molecular complexity index is 647. The van der Waals surface area contributed by atoms with Crippen LogP contribution >= 0.6 is 0 Å². The number of hydrogen-bond acceptors (Lipinski definition) is 6. The third-order valence-corrected chi connectivity index (χ3v) is 3.72. The van der Waals surface area contributed by atoms with Crippen molar-refractivity contribution in [1.29, 1.82) is 0 Å². The average Bonchev–Trinajstić information content (AvgIpc) is 2.93. The third kappa shape index (κ3) is 4.25. The molecule has 8 heteroatoms. The molecule has 128 valence electrons. The molecule has 2 unspecified atom stereocenters.